The monoisotopic (exact) mass is 394 g/mol. The van der Waals surface area contributed by atoms with Crippen LogP contribution in [0.4, 0.5) is 0 Å². The van der Waals surface area contributed by atoms with E-state index in [2.05, 4.69) is 0 Å². The van der Waals surface area contributed by atoms with E-state index in [1.165, 1.54) is 15.2 Å². The molecule has 8 heteroatoms. The molecule has 29 heavy (non-hydrogen) atoms. The molecule has 2 heterocycles. The van der Waals surface area contributed by atoms with Crippen molar-refractivity contribution in [3.8, 4) is 5.75 Å². The van der Waals surface area contributed by atoms with E-state index in [0.717, 1.165) is 11.0 Å². The van der Waals surface area contributed by atoms with Gasteiger partial charge in [-0.25, -0.2) is 4.79 Å². The van der Waals surface area contributed by atoms with Crippen LogP contribution in [0.25, 0.3) is 11.0 Å². The van der Waals surface area contributed by atoms with Gasteiger partial charge in [0, 0.05) is 33.2 Å². The van der Waals surface area contributed by atoms with Gasteiger partial charge < -0.3 is 14.9 Å². The van der Waals surface area contributed by atoms with Gasteiger partial charge in [-0.15, -0.1) is 0 Å². The van der Waals surface area contributed by atoms with E-state index < -0.39 is 0 Å². The van der Waals surface area contributed by atoms with Gasteiger partial charge >= 0.3 is 5.69 Å². The van der Waals surface area contributed by atoms with Gasteiger partial charge in [-0.05, 0) is 24.3 Å². The minimum absolute atomic E-state index is 0.0341. The summed E-state index contributed by atoms with van der Waals surface area (Å²) in [6.07, 6.45) is 0. The summed E-state index contributed by atoms with van der Waals surface area (Å²) in [5, 5.41) is 9.88. The Labute approximate surface area is 167 Å². The Balaban J connectivity index is 1.44. The number of fused-ring (bicyclic) bond motifs is 1. The number of amides is 2. The maximum absolute atomic E-state index is 12.8. The van der Waals surface area contributed by atoms with Gasteiger partial charge in [0.25, 0.3) is 5.91 Å². The van der Waals surface area contributed by atoms with Crippen molar-refractivity contribution in [3.05, 3.63) is 64.6 Å². The number of piperazine rings is 1. The SMILES string of the molecule is Cn1c(=O)n(CC(=O)N2CCN(C(=O)c3ccccc3O)CC2)c2ccccc21. The van der Waals surface area contributed by atoms with Crippen molar-refractivity contribution in [2.24, 2.45) is 7.05 Å². The third kappa shape index (κ3) is 3.37. The first-order chi connectivity index (χ1) is 14.0. The topological polar surface area (TPSA) is 87.8 Å². The molecule has 1 aliphatic rings. The molecule has 4 rings (SSSR count). The second-order valence-corrected chi connectivity index (χ2v) is 7.11. The molecule has 8 nitrogen and oxygen atoms in total. The van der Waals surface area contributed by atoms with Crippen molar-refractivity contribution in [1.29, 1.82) is 0 Å². The van der Waals surface area contributed by atoms with E-state index in [0.29, 0.717) is 26.2 Å². The van der Waals surface area contributed by atoms with E-state index in [1.807, 2.05) is 24.3 Å². The molecule has 1 fully saturated rings. The van der Waals surface area contributed by atoms with Crippen molar-refractivity contribution in [2.45, 2.75) is 6.54 Å². The fourth-order valence-corrected chi connectivity index (χ4v) is 3.74. The van der Waals surface area contributed by atoms with Crippen molar-refractivity contribution in [1.82, 2.24) is 18.9 Å². The summed E-state index contributed by atoms with van der Waals surface area (Å²) in [7, 11) is 1.69. The molecule has 0 atom stereocenters. The highest BCUT2D eigenvalue weighted by Gasteiger charge is 2.26. The molecular weight excluding hydrogens is 372 g/mol. The van der Waals surface area contributed by atoms with Gasteiger partial charge in [-0.3, -0.25) is 18.7 Å². The summed E-state index contributed by atoms with van der Waals surface area (Å²) >= 11 is 0. The summed E-state index contributed by atoms with van der Waals surface area (Å²) < 4.78 is 3.02. The van der Waals surface area contributed by atoms with Crippen LogP contribution in [-0.2, 0) is 18.4 Å². The first-order valence-corrected chi connectivity index (χ1v) is 9.46. The summed E-state index contributed by atoms with van der Waals surface area (Å²) in [4.78, 5) is 41.2. The van der Waals surface area contributed by atoms with Crippen LogP contribution in [0.1, 0.15) is 10.4 Å². The molecular formula is C21H22N4O4. The third-order valence-corrected chi connectivity index (χ3v) is 5.40. The Kier molecular flexibility index (Phi) is 4.84. The molecule has 1 aliphatic heterocycles. The van der Waals surface area contributed by atoms with Crippen LogP contribution in [0.15, 0.2) is 53.3 Å². The quantitative estimate of drug-likeness (QED) is 0.719. The molecule has 2 amide bonds. The van der Waals surface area contributed by atoms with E-state index in [4.69, 9.17) is 0 Å². The summed E-state index contributed by atoms with van der Waals surface area (Å²) in [6.45, 7) is 1.50. The largest absolute Gasteiger partial charge is 0.507 e. The minimum Gasteiger partial charge on any atom is -0.507 e. The average molecular weight is 394 g/mol. The molecule has 0 bridgehead atoms. The van der Waals surface area contributed by atoms with Crippen LogP contribution in [0, 0.1) is 0 Å². The lowest BCUT2D eigenvalue weighted by Gasteiger charge is -2.35. The number of aromatic hydroxyl groups is 1. The van der Waals surface area contributed by atoms with Crippen molar-refractivity contribution in [3.63, 3.8) is 0 Å². The van der Waals surface area contributed by atoms with Gasteiger partial charge in [0.05, 0.1) is 16.6 Å². The zero-order valence-corrected chi connectivity index (χ0v) is 16.1. The summed E-state index contributed by atoms with van der Waals surface area (Å²) in [5.41, 5.74) is 1.53. The zero-order chi connectivity index (χ0) is 20.5. The number of benzene rings is 2. The lowest BCUT2D eigenvalue weighted by Crippen LogP contribution is -2.51. The lowest BCUT2D eigenvalue weighted by atomic mass is 10.1. The Morgan fingerprint density at radius 1 is 0.897 bits per heavy atom. The Morgan fingerprint density at radius 3 is 2.17 bits per heavy atom. The normalized spacial score (nSPS) is 14.4. The van der Waals surface area contributed by atoms with Gasteiger partial charge in [0.1, 0.15) is 12.3 Å². The third-order valence-electron chi connectivity index (χ3n) is 5.40. The maximum Gasteiger partial charge on any atom is 0.329 e. The minimum atomic E-state index is -0.250. The number of phenolic OH excluding ortho intramolecular Hbond substituents is 1. The first kappa shape index (κ1) is 18.8. The van der Waals surface area contributed by atoms with Crippen LogP contribution in [0.3, 0.4) is 0 Å². The van der Waals surface area contributed by atoms with Crippen molar-refractivity contribution >= 4 is 22.8 Å². The number of phenols is 1. The Morgan fingerprint density at radius 2 is 1.48 bits per heavy atom. The van der Waals surface area contributed by atoms with E-state index >= 15 is 0 Å². The molecule has 1 aromatic heterocycles. The number of imidazole rings is 1. The number of aryl methyl sites for hydroxylation is 1. The van der Waals surface area contributed by atoms with Gasteiger partial charge in [0.15, 0.2) is 0 Å². The van der Waals surface area contributed by atoms with Crippen LogP contribution in [-0.4, -0.2) is 62.0 Å². The van der Waals surface area contributed by atoms with E-state index in [-0.39, 0.29) is 35.4 Å². The number of para-hydroxylation sites is 3. The predicted octanol–water partition coefficient (Wildman–Crippen LogP) is 1.03. The van der Waals surface area contributed by atoms with Crippen LogP contribution >= 0.6 is 0 Å². The van der Waals surface area contributed by atoms with Gasteiger partial charge in [-0.1, -0.05) is 24.3 Å². The molecule has 150 valence electrons. The van der Waals surface area contributed by atoms with Crippen molar-refractivity contribution in [2.75, 3.05) is 26.2 Å². The number of aromatic nitrogens is 2. The number of carbonyl (C=O) groups is 2. The van der Waals surface area contributed by atoms with Crippen LogP contribution in [0.5, 0.6) is 5.75 Å². The second-order valence-electron chi connectivity index (χ2n) is 7.11. The van der Waals surface area contributed by atoms with Gasteiger partial charge in [0.2, 0.25) is 5.91 Å². The molecule has 2 aromatic carbocycles. The molecule has 1 saturated heterocycles. The molecule has 0 unspecified atom stereocenters. The highest BCUT2D eigenvalue weighted by molar-refractivity contribution is 5.97. The lowest BCUT2D eigenvalue weighted by molar-refractivity contribution is -0.133. The molecule has 0 radical (unpaired) electrons. The first-order valence-electron chi connectivity index (χ1n) is 9.46. The standard InChI is InChI=1S/C21H22N4O4/c1-22-16-7-3-4-8-17(16)25(21(22)29)14-19(27)23-10-12-24(13-11-23)20(28)15-6-2-5-9-18(15)26/h2-9,26H,10-14H2,1H3. The van der Waals surface area contributed by atoms with Crippen LogP contribution in [0.2, 0.25) is 0 Å². The smallest absolute Gasteiger partial charge is 0.329 e. The molecule has 0 spiro atoms. The maximum atomic E-state index is 12.8. The fraction of sp³-hybridized carbons (Fsp3) is 0.286. The highest BCUT2D eigenvalue weighted by Crippen LogP contribution is 2.19. The van der Waals surface area contributed by atoms with E-state index in [9.17, 15) is 19.5 Å². The number of hydrogen-bond donors (Lipinski definition) is 1. The van der Waals surface area contributed by atoms with E-state index in [1.54, 1.807) is 35.0 Å². The number of nitrogens with zero attached hydrogens (tertiary/aromatic N) is 4. The summed E-state index contributed by atoms with van der Waals surface area (Å²) in [5.74, 6) is -0.454. The number of rotatable bonds is 3. The predicted molar refractivity (Wildman–Crippen MR) is 108 cm³/mol. The molecule has 1 N–H and O–H groups in total. The van der Waals surface area contributed by atoms with Crippen LogP contribution < -0.4 is 5.69 Å². The highest BCUT2D eigenvalue weighted by atomic mass is 16.3. The zero-order valence-electron chi connectivity index (χ0n) is 16.1. The number of carbonyl (C=O) groups excluding carboxylic acids is 2. The Hall–Kier alpha value is -3.55. The average Bonchev–Trinajstić information content (AvgIpc) is 2.99. The Bertz CT molecular complexity index is 1140. The molecule has 0 aliphatic carbocycles. The second kappa shape index (κ2) is 7.46. The fourth-order valence-electron chi connectivity index (χ4n) is 3.74. The summed E-state index contributed by atoms with van der Waals surface area (Å²) in [6, 6.07) is 13.8. The van der Waals surface area contributed by atoms with Crippen molar-refractivity contribution < 1.29 is 14.7 Å². The van der Waals surface area contributed by atoms with Gasteiger partial charge in [-0.2, -0.15) is 0 Å². The molecule has 0 saturated carbocycles. The molecule has 3 aromatic rings. The number of hydrogen-bond acceptors (Lipinski definition) is 4.